The Morgan fingerprint density at radius 1 is 1.16 bits per heavy atom. The lowest BCUT2D eigenvalue weighted by Crippen LogP contribution is -2.47. The first-order valence-electron chi connectivity index (χ1n) is 8.54. The van der Waals surface area contributed by atoms with Gasteiger partial charge in [-0.05, 0) is 56.8 Å². The maximum atomic E-state index is 12.7. The van der Waals surface area contributed by atoms with Gasteiger partial charge >= 0.3 is 0 Å². The van der Waals surface area contributed by atoms with Crippen LogP contribution in [0.2, 0.25) is 0 Å². The van der Waals surface area contributed by atoms with Crippen LogP contribution in [0.3, 0.4) is 0 Å². The van der Waals surface area contributed by atoms with E-state index in [0.29, 0.717) is 24.9 Å². The highest BCUT2D eigenvalue weighted by molar-refractivity contribution is 7.89. The van der Waals surface area contributed by atoms with Gasteiger partial charge < -0.3 is 10.2 Å². The van der Waals surface area contributed by atoms with Gasteiger partial charge in [-0.2, -0.15) is 4.72 Å². The number of nitrogens with zero attached hydrogens (tertiary/aromatic N) is 1. The molecule has 2 aliphatic heterocycles. The number of halogens is 1. The Hall–Kier alpha value is -1.15. The summed E-state index contributed by atoms with van der Waals surface area (Å²) in [4.78, 5) is 14.7. The molecule has 0 spiro atoms. The highest BCUT2D eigenvalue weighted by Gasteiger charge is 2.33. The number of nitrogens with one attached hydrogen (secondary N) is 2. The van der Waals surface area contributed by atoms with E-state index in [1.54, 1.807) is 25.1 Å². The summed E-state index contributed by atoms with van der Waals surface area (Å²) in [6.45, 7) is 5.10. The van der Waals surface area contributed by atoms with E-state index in [-0.39, 0.29) is 23.2 Å². The van der Waals surface area contributed by atoms with Crippen LogP contribution in [0.5, 0.6) is 0 Å². The molecule has 3 rings (SSSR count). The van der Waals surface area contributed by atoms with E-state index in [9.17, 15) is 13.2 Å². The van der Waals surface area contributed by atoms with Gasteiger partial charge in [0.05, 0.1) is 10.9 Å². The molecule has 2 N–H and O–H groups in total. The predicted molar refractivity (Wildman–Crippen MR) is 99.1 cm³/mol. The van der Waals surface area contributed by atoms with Crippen molar-refractivity contribution in [2.45, 2.75) is 30.7 Å². The summed E-state index contributed by atoms with van der Waals surface area (Å²) >= 11 is 0. The van der Waals surface area contributed by atoms with Gasteiger partial charge in [0.2, 0.25) is 15.9 Å². The maximum Gasteiger partial charge on any atom is 0.241 e. The molecule has 2 fully saturated rings. The van der Waals surface area contributed by atoms with Crippen LogP contribution in [0.15, 0.2) is 35.2 Å². The smallest absolute Gasteiger partial charge is 0.241 e. The summed E-state index contributed by atoms with van der Waals surface area (Å²) in [6.07, 6.45) is 1.98. The molecule has 0 saturated carbocycles. The molecule has 0 radical (unpaired) electrons. The van der Waals surface area contributed by atoms with Crippen LogP contribution in [-0.4, -0.2) is 51.4 Å². The Morgan fingerprint density at radius 3 is 2.28 bits per heavy atom. The fourth-order valence-corrected chi connectivity index (χ4v) is 4.88. The highest BCUT2D eigenvalue weighted by Crippen LogP contribution is 2.27. The number of benzene rings is 1. The van der Waals surface area contributed by atoms with E-state index >= 15 is 0 Å². The van der Waals surface area contributed by atoms with Crippen molar-refractivity contribution < 1.29 is 13.2 Å². The number of amides is 1. The fourth-order valence-electron chi connectivity index (χ4n) is 3.66. The van der Waals surface area contributed by atoms with E-state index in [1.165, 1.54) is 12.1 Å². The van der Waals surface area contributed by atoms with Gasteiger partial charge in [-0.15, -0.1) is 12.4 Å². The van der Waals surface area contributed by atoms with Crippen LogP contribution >= 0.6 is 12.4 Å². The van der Waals surface area contributed by atoms with Crippen molar-refractivity contribution in [3.63, 3.8) is 0 Å². The van der Waals surface area contributed by atoms with E-state index in [4.69, 9.17) is 0 Å². The average Bonchev–Trinajstić information content (AvgIpc) is 2.93. The van der Waals surface area contributed by atoms with Gasteiger partial charge in [0.15, 0.2) is 0 Å². The lowest BCUT2D eigenvalue weighted by molar-refractivity contribution is -0.132. The van der Waals surface area contributed by atoms with Crippen LogP contribution < -0.4 is 10.0 Å². The Bertz CT molecular complexity index is 670. The van der Waals surface area contributed by atoms with Crippen LogP contribution in [-0.2, 0) is 14.8 Å². The zero-order valence-corrected chi connectivity index (χ0v) is 16.0. The zero-order chi connectivity index (χ0) is 17.2. The number of carbonyl (C=O) groups is 1. The number of hydrogen-bond donors (Lipinski definition) is 2. The van der Waals surface area contributed by atoms with Crippen LogP contribution in [0.25, 0.3) is 0 Å². The molecule has 1 aromatic rings. The Kier molecular flexibility index (Phi) is 6.85. The molecule has 1 unspecified atom stereocenters. The molecule has 2 saturated heterocycles. The third kappa shape index (κ3) is 4.73. The summed E-state index contributed by atoms with van der Waals surface area (Å²) in [5, 5.41) is 3.41. The Morgan fingerprint density at radius 2 is 1.72 bits per heavy atom. The second-order valence-corrected chi connectivity index (χ2v) is 8.45. The van der Waals surface area contributed by atoms with Crippen molar-refractivity contribution in [2.24, 2.45) is 11.8 Å². The molecule has 3 atom stereocenters. The van der Waals surface area contributed by atoms with Crippen LogP contribution in [0.4, 0.5) is 0 Å². The Balaban J connectivity index is 0.00000225. The SMILES string of the molecule is CC(NS(=O)(=O)c1ccccc1)C(=O)N1CC[C@@H]2CNC[C@@H]2CC1.Cl. The first kappa shape index (κ1) is 20.2. The number of rotatable bonds is 4. The predicted octanol–water partition coefficient (Wildman–Crippen LogP) is 1.23. The zero-order valence-electron chi connectivity index (χ0n) is 14.3. The molecule has 2 heterocycles. The molecule has 2 aliphatic rings. The molecule has 140 valence electrons. The van der Waals surface area contributed by atoms with Crippen molar-refractivity contribution >= 4 is 28.3 Å². The number of likely N-dealkylation sites (tertiary alicyclic amines) is 1. The average molecular weight is 388 g/mol. The largest absolute Gasteiger partial charge is 0.341 e. The molecular weight excluding hydrogens is 362 g/mol. The standard InChI is InChI=1S/C17H25N3O3S.ClH/c1-13(19-24(22,23)16-5-3-2-4-6-16)17(21)20-9-7-14-11-18-12-15(14)8-10-20;/h2-6,13-15,18-19H,7-12H2,1H3;1H/t13?,14-,15+;. The second kappa shape index (κ2) is 8.49. The molecule has 0 aliphatic carbocycles. The monoisotopic (exact) mass is 387 g/mol. The first-order valence-corrected chi connectivity index (χ1v) is 10.0. The van der Waals surface area contributed by atoms with Gasteiger partial charge in [-0.25, -0.2) is 8.42 Å². The first-order chi connectivity index (χ1) is 11.5. The molecular formula is C17H26ClN3O3S. The highest BCUT2D eigenvalue weighted by atomic mass is 35.5. The lowest BCUT2D eigenvalue weighted by atomic mass is 9.92. The van der Waals surface area contributed by atoms with Gasteiger partial charge in [-0.3, -0.25) is 4.79 Å². The molecule has 6 nitrogen and oxygen atoms in total. The maximum absolute atomic E-state index is 12.7. The molecule has 0 bridgehead atoms. The van der Waals surface area contributed by atoms with Crippen LogP contribution in [0, 0.1) is 11.8 Å². The van der Waals surface area contributed by atoms with Gasteiger partial charge in [-0.1, -0.05) is 18.2 Å². The number of sulfonamides is 1. The van der Waals surface area contributed by atoms with Crippen LogP contribution in [0.1, 0.15) is 19.8 Å². The van der Waals surface area contributed by atoms with E-state index in [0.717, 1.165) is 25.9 Å². The number of hydrogen-bond acceptors (Lipinski definition) is 4. The van der Waals surface area contributed by atoms with E-state index < -0.39 is 16.1 Å². The van der Waals surface area contributed by atoms with Gasteiger partial charge in [0.25, 0.3) is 0 Å². The van der Waals surface area contributed by atoms with Crippen molar-refractivity contribution in [2.75, 3.05) is 26.2 Å². The third-order valence-corrected chi connectivity index (χ3v) is 6.64. The molecule has 8 heteroatoms. The van der Waals surface area contributed by atoms with Crippen molar-refractivity contribution in [1.82, 2.24) is 14.9 Å². The van der Waals surface area contributed by atoms with Gasteiger partial charge in [0.1, 0.15) is 0 Å². The number of carbonyl (C=O) groups excluding carboxylic acids is 1. The van der Waals surface area contributed by atoms with Crippen molar-refractivity contribution in [1.29, 1.82) is 0 Å². The molecule has 1 amide bonds. The summed E-state index contributed by atoms with van der Waals surface area (Å²) in [7, 11) is -3.67. The third-order valence-electron chi connectivity index (χ3n) is 5.09. The van der Waals surface area contributed by atoms with E-state index in [2.05, 4.69) is 10.0 Å². The summed E-state index contributed by atoms with van der Waals surface area (Å²) in [5.41, 5.74) is 0. The fraction of sp³-hybridized carbons (Fsp3) is 0.588. The van der Waals surface area contributed by atoms with Gasteiger partial charge in [0, 0.05) is 13.1 Å². The number of fused-ring (bicyclic) bond motifs is 1. The summed E-state index contributed by atoms with van der Waals surface area (Å²) in [5.74, 6) is 1.14. The minimum Gasteiger partial charge on any atom is -0.341 e. The normalized spacial score (nSPS) is 24.8. The quantitative estimate of drug-likeness (QED) is 0.814. The molecule has 25 heavy (non-hydrogen) atoms. The van der Waals surface area contributed by atoms with E-state index in [1.807, 2.05) is 4.90 Å². The summed E-state index contributed by atoms with van der Waals surface area (Å²) in [6, 6.07) is 7.40. The lowest BCUT2D eigenvalue weighted by Gasteiger charge is -2.25. The second-order valence-electron chi connectivity index (χ2n) is 6.74. The molecule has 1 aromatic carbocycles. The Labute approximate surface area is 155 Å². The molecule has 0 aromatic heterocycles. The van der Waals surface area contributed by atoms with Crippen molar-refractivity contribution in [3.05, 3.63) is 30.3 Å². The van der Waals surface area contributed by atoms with Crippen molar-refractivity contribution in [3.8, 4) is 0 Å². The minimum absolute atomic E-state index is 0. The minimum atomic E-state index is -3.67. The topological polar surface area (TPSA) is 78.5 Å². The summed E-state index contributed by atoms with van der Waals surface area (Å²) < 4.78 is 27.2.